The second-order valence-electron chi connectivity index (χ2n) is 3.64. The van der Waals surface area contributed by atoms with Crippen LogP contribution in [0.15, 0.2) is 15.9 Å². The first-order valence-corrected chi connectivity index (χ1v) is 7.39. The molecule has 0 radical (unpaired) electrons. The lowest BCUT2D eigenvalue weighted by molar-refractivity contribution is 0.585. The molecular weight excluding hydrogens is 306 g/mol. The number of hydrogen-bond acceptors (Lipinski definition) is 5. The molecule has 2 aromatic heterocycles. The molecule has 0 atom stereocenters. The number of thiophene rings is 1. The van der Waals surface area contributed by atoms with Gasteiger partial charge in [-0.3, -0.25) is 0 Å². The van der Waals surface area contributed by atoms with Crippen LogP contribution < -0.4 is 5.32 Å². The van der Waals surface area contributed by atoms with Gasteiger partial charge in [-0.2, -0.15) is 0 Å². The van der Waals surface area contributed by atoms with Crippen LogP contribution in [0.5, 0.6) is 0 Å². The molecule has 2 aromatic rings. The van der Waals surface area contributed by atoms with Gasteiger partial charge in [-0.05, 0) is 28.1 Å². The maximum atomic E-state index is 4.20. The number of rotatable bonds is 4. The molecule has 6 heteroatoms. The predicted molar refractivity (Wildman–Crippen MR) is 72.9 cm³/mol. The molecule has 0 bridgehead atoms. The van der Waals surface area contributed by atoms with Gasteiger partial charge in [-0.25, -0.2) is 0 Å². The number of aromatic nitrogens is 2. The van der Waals surface area contributed by atoms with Crippen LogP contribution in [0.4, 0.5) is 0 Å². The molecule has 16 heavy (non-hydrogen) atoms. The summed E-state index contributed by atoms with van der Waals surface area (Å²) in [4.78, 5) is 1.17. The smallest absolute Gasteiger partial charge is 0.157 e. The highest BCUT2D eigenvalue weighted by Gasteiger charge is 2.08. The molecule has 0 aliphatic rings. The fraction of sp³-hybridized carbons (Fsp3) is 0.400. The van der Waals surface area contributed by atoms with Crippen molar-refractivity contribution < 1.29 is 0 Å². The normalized spacial score (nSPS) is 11.2. The van der Waals surface area contributed by atoms with Crippen molar-refractivity contribution in [2.45, 2.75) is 26.4 Å². The highest BCUT2D eigenvalue weighted by Crippen LogP contribution is 2.32. The lowest BCUT2D eigenvalue weighted by Gasteiger charge is -2.03. The molecule has 0 aromatic carbocycles. The molecule has 0 amide bonds. The van der Waals surface area contributed by atoms with Crippen molar-refractivity contribution in [3.8, 4) is 9.88 Å². The Kier molecular flexibility index (Phi) is 4.07. The summed E-state index contributed by atoms with van der Waals surface area (Å²) in [5.41, 5.74) is 0. The molecule has 1 N–H and O–H groups in total. The average molecular weight is 318 g/mol. The maximum absolute atomic E-state index is 4.20. The van der Waals surface area contributed by atoms with Crippen molar-refractivity contribution >= 4 is 38.6 Å². The first-order chi connectivity index (χ1) is 7.65. The molecule has 0 saturated carbocycles. The fourth-order valence-electron chi connectivity index (χ4n) is 1.15. The zero-order chi connectivity index (χ0) is 11.5. The Morgan fingerprint density at radius 3 is 2.75 bits per heavy atom. The molecule has 0 aliphatic heterocycles. The van der Waals surface area contributed by atoms with Gasteiger partial charge in [0.25, 0.3) is 0 Å². The Morgan fingerprint density at radius 2 is 2.12 bits per heavy atom. The SMILES string of the molecule is CC(C)NCc1nnc(-c2ccc(Br)s2)s1. The van der Waals surface area contributed by atoms with Crippen LogP contribution in [-0.4, -0.2) is 16.2 Å². The number of nitrogens with one attached hydrogen (secondary N) is 1. The topological polar surface area (TPSA) is 37.8 Å². The molecule has 0 spiro atoms. The third-order valence-corrected chi connectivity index (χ3v) is 4.63. The Morgan fingerprint density at radius 1 is 1.31 bits per heavy atom. The third kappa shape index (κ3) is 3.10. The number of hydrogen-bond donors (Lipinski definition) is 1. The Bertz CT molecular complexity index is 464. The monoisotopic (exact) mass is 317 g/mol. The first kappa shape index (κ1) is 12.2. The Balaban J connectivity index is 2.07. The van der Waals surface area contributed by atoms with E-state index in [1.807, 2.05) is 6.07 Å². The zero-order valence-electron chi connectivity index (χ0n) is 9.03. The van der Waals surface area contributed by atoms with Gasteiger partial charge in [-0.1, -0.05) is 25.2 Å². The highest BCUT2D eigenvalue weighted by atomic mass is 79.9. The second-order valence-corrected chi connectivity index (χ2v) is 7.17. The van der Waals surface area contributed by atoms with Gasteiger partial charge < -0.3 is 5.32 Å². The van der Waals surface area contributed by atoms with Crippen molar-refractivity contribution in [3.05, 3.63) is 20.9 Å². The minimum Gasteiger partial charge on any atom is -0.308 e. The lowest BCUT2D eigenvalue weighted by Crippen LogP contribution is -2.21. The van der Waals surface area contributed by atoms with Crippen LogP contribution in [0.3, 0.4) is 0 Å². The molecule has 0 aliphatic carbocycles. The standard InChI is InChI=1S/C10H12BrN3S2/c1-6(2)12-5-9-13-14-10(16-9)7-3-4-8(11)15-7/h3-4,6,12H,5H2,1-2H3. The minimum atomic E-state index is 0.475. The predicted octanol–water partition coefficient (Wildman–Crippen LogP) is 3.53. The summed E-state index contributed by atoms with van der Waals surface area (Å²) in [7, 11) is 0. The molecule has 2 rings (SSSR count). The van der Waals surface area contributed by atoms with Gasteiger partial charge in [0, 0.05) is 12.6 Å². The van der Waals surface area contributed by atoms with Gasteiger partial charge in [-0.15, -0.1) is 21.5 Å². The van der Waals surface area contributed by atoms with Crippen LogP contribution in [0.25, 0.3) is 9.88 Å². The van der Waals surface area contributed by atoms with Gasteiger partial charge in [0.1, 0.15) is 5.01 Å². The molecule has 0 fully saturated rings. The van der Waals surface area contributed by atoms with E-state index in [0.717, 1.165) is 20.3 Å². The van der Waals surface area contributed by atoms with Gasteiger partial charge in [0.2, 0.25) is 0 Å². The molecule has 3 nitrogen and oxygen atoms in total. The van der Waals surface area contributed by atoms with Crippen molar-refractivity contribution in [3.63, 3.8) is 0 Å². The summed E-state index contributed by atoms with van der Waals surface area (Å²) >= 11 is 6.78. The molecule has 2 heterocycles. The molecular formula is C10H12BrN3S2. The fourth-order valence-corrected chi connectivity index (χ4v) is 3.37. The van der Waals surface area contributed by atoms with Crippen molar-refractivity contribution in [2.24, 2.45) is 0 Å². The zero-order valence-corrected chi connectivity index (χ0v) is 12.2. The summed E-state index contributed by atoms with van der Waals surface area (Å²) < 4.78 is 1.12. The van der Waals surface area contributed by atoms with E-state index in [1.54, 1.807) is 22.7 Å². The van der Waals surface area contributed by atoms with Crippen LogP contribution in [0.2, 0.25) is 0 Å². The van der Waals surface area contributed by atoms with E-state index in [9.17, 15) is 0 Å². The second kappa shape index (κ2) is 5.35. The van der Waals surface area contributed by atoms with E-state index in [1.165, 1.54) is 4.88 Å². The van der Waals surface area contributed by atoms with E-state index in [0.29, 0.717) is 6.04 Å². The number of nitrogens with zero attached hydrogens (tertiary/aromatic N) is 2. The van der Waals surface area contributed by atoms with E-state index >= 15 is 0 Å². The van der Waals surface area contributed by atoms with E-state index < -0.39 is 0 Å². The lowest BCUT2D eigenvalue weighted by atomic mass is 10.4. The Labute approximate surface area is 111 Å². The molecule has 0 saturated heterocycles. The summed E-state index contributed by atoms with van der Waals surface area (Å²) in [6.07, 6.45) is 0. The van der Waals surface area contributed by atoms with Crippen molar-refractivity contribution in [1.82, 2.24) is 15.5 Å². The minimum absolute atomic E-state index is 0.475. The largest absolute Gasteiger partial charge is 0.308 e. The summed E-state index contributed by atoms with van der Waals surface area (Å²) in [6, 6.07) is 4.57. The van der Waals surface area contributed by atoms with E-state index in [-0.39, 0.29) is 0 Å². The highest BCUT2D eigenvalue weighted by molar-refractivity contribution is 9.11. The Hall–Kier alpha value is -0.300. The summed E-state index contributed by atoms with van der Waals surface area (Å²) in [5, 5.41) is 13.7. The van der Waals surface area contributed by atoms with Gasteiger partial charge in [0.05, 0.1) is 8.66 Å². The summed E-state index contributed by atoms with van der Waals surface area (Å²) in [6.45, 7) is 5.04. The van der Waals surface area contributed by atoms with Crippen LogP contribution in [0, 0.1) is 0 Å². The van der Waals surface area contributed by atoms with E-state index in [4.69, 9.17) is 0 Å². The van der Waals surface area contributed by atoms with E-state index in [2.05, 4.69) is 51.4 Å². The maximum Gasteiger partial charge on any atom is 0.157 e. The third-order valence-electron chi connectivity index (χ3n) is 1.91. The number of halogens is 1. The van der Waals surface area contributed by atoms with Gasteiger partial charge >= 0.3 is 0 Å². The van der Waals surface area contributed by atoms with Crippen molar-refractivity contribution in [2.75, 3.05) is 0 Å². The van der Waals surface area contributed by atoms with Gasteiger partial charge in [0.15, 0.2) is 5.01 Å². The van der Waals surface area contributed by atoms with Crippen LogP contribution in [-0.2, 0) is 6.54 Å². The first-order valence-electron chi connectivity index (χ1n) is 4.96. The molecule has 0 unspecified atom stereocenters. The summed E-state index contributed by atoms with van der Waals surface area (Å²) in [5.74, 6) is 0. The van der Waals surface area contributed by atoms with Crippen LogP contribution in [0.1, 0.15) is 18.9 Å². The quantitative estimate of drug-likeness (QED) is 0.937. The van der Waals surface area contributed by atoms with Crippen LogP contribution >= 0.6 is 38.6 Å². The molecule has 86 valence electrons. The van der Waals surface area contributed by atoms with Crippen molar-refractivity contribution in [1.29, 1.82) is 0 Å². The average Bonchev–Trinajstić information content (AvgIpc) is 2.83.